The maximum Gasteiger partial charge on any atom is 0.258 e. The second kappa shape index (κ2) is 9.19. The summed E-state index contributed by atoms with van der Waals surface area (Å²) < 4.78 is 10.7. The van der Waals surface area contributed by atoms with E-state index in [1.807, 2.05) is 31.2 Å². The third-order valence-electron chi connectivity index (χ3n) is 3.02. The molecule has 0 atom stereocenters. The fraction of sp³-hybridized carbons (Fsp3) is 0.222. The second-order valence-electron chi connectivity index (χ2n) is 4.86. The maximum atomic E-state index is 11.9. The van der Waals surface area contributed by atoms with Crippen LogP contribution in [0.25, 0.3) is 0 Å². The number of carbonyl (C=O) groups excluding carboxylic acids is 2. The van der Waals surface area contributed by atoms with Crippen LogP contribution in [0, 0.1) is 0 Å². The summed E-state index contributed by atoms with van der Waals surface area (Å²) >= 11 is 0. The molecule has 2 rings (SSSR count). The number of ether oxygens (including phenoxy) is 2. The summed E-state index contributed by atoms with van der Waals surface area (Å²) in [6.07, 6.45) is 0. The topological polar surface area (TPSA) is 76.7 Å². The average molecular weight is 328 g/mol. The molecule has 0 fully saturated rings. The Morgan fingerprint density at radius 1 is 0.917 bits per heavy atom. The first-order chi connectivity index (χ1) is 11.7. The van der Waals surface area contributed by atoms with Gasteiger partial charge in [-0.1, -0.05) is 30.3 Å². The highest BCUT2D eigenvalue weighted by Gasteiger charge is 2.09. The largest absolute Gasteiger partial charge is 0.492 e. The molecule has 0 aliphatic carbocycles. The molecular formula is C18H20N2O4. The summed E-state index contributed by atoms with van der Waals surface area (Å²) in [6.45, 7) is 2.08. The Morgan fingerprint density at radius 2 is 1.62 bits per heavy atom. The van der Waals surface area contributed by atoms with E-state index >= 15 is 0 Å². The number of rotatable bonds is 8. The van der Waals surface area contributed by atoms with Crippen LogP contribution in [0.5, 0.6) is 11.5 Å². The van der Waals surface area contributed by atoms with Crippen LogP contribution in [0.2, 0.25) is 0 Å². The van der Waals surface area contributed by atoms with Gasteiger partial charge in [-0.15, -0.1) is 0 Å². The molecule has 6 nitrogen and oxygen atoms in total. The monoisotopic (exact) mass is 328 g/mol. The Morgan fingerprint density at radius 3 is 2.38 bits per heavy atom. The summed E-state index contributed by atoms with van der Waals surface area (Å²) in [7, 11) is 0. The molecule has 0 aromatic heterocycles. The number of anilines is 1. The van der Waals surface area contributed by atoms with Gasteiger partial charge in [0.05, 0.1) is 18.8 Å². The summed E-state index contributed by atoms with van der Waals surface area (Å²) in [6, 6.07) is 16.1. The Bertz CT molecular complexity index is 674. The zero-order chi connectivity index (χ0) is 17.2. The molecule has 0 radical (unpaired) electrons. The molecule has 0 unspecified atom stereocenters. The summed E-state index contributed by atoms with van der Waals surface area (Å²) in [5.41, 5.74) is 0.569. The van der Waals surface area contributed by atoms with Gasteiger partial charge in [-0.2, -0.15) is 0 Å². The highest BCUT2D eigenvalue weighted by molar-refractivity contribution is 5.95. The molecule has 0 aliphatic heterocycles. The lowest BCUT2D eigenvalue weighted by Crippen LogP contribution is -2.35. The molecule has 2 aromatic carbocycles. The van der Waals surface area contributed by atoms with Crippen LogP contribution in [0.3, 0.4) is 0 Å². The Kier molecular flexibility index (Phi) is 6.64. The fourth-order valence-electron chi connectivity index (χ4n) is 1.94. The van der Waals surface area contributed by atoms with Crippen molar-refractivity contribution in [2.45, 2.75) is 6.92 Å². The van der Waals surface area contributed by atoms with Crippen molar-refractivity contribution in [2.75, 3.05) is 25.1 Å². The van der Waals surface area contributed by atoms with Crippen LogP contribution in [-0.4, -0.2) is 31.6 Å². The smallest absolute Gasteiger partial charge is 0.258 e. The van der Waals surface area contributed by atoms with Gasteiger partial charge in [0.1, 0.15) is 11.5 Å². The van der Waals surface area contributed by atoms with Crippen LogP contribution in [-0.2, 0) is 9.59 Å². The third kappa shape index (κ3) is 5.64. The molecule has 126 valence electrons. The second-order valence-corrected chi connectivity index (χ2v) is 4.86. The number of nitrogens with one attached hydrogen (secondary N) is 2. The lowest BCUT2D eigenvalue weighted by molar-refractivity contribution is -0.125. The Balaban J connectivity index is 1.75. The molecule has 0 saturated carbocycles. The van der Waals surface area contributed by atoms with E-state index < -0.39 is 0 Å². The Labute approximate surface area is 140 Å². The van der Waals surface area contributed by atoms with E-state index in [0.29, 0.717) is 23.8 Å². The van der Waals surface area contributed by atoms with Gasteiger partial charge >= 0.3 is 0 Å². The van der Waals surface area contributed by atoms with Crippen molar-refractivity contribution in [3.05, 3.63) is 54.6 Å². The van der Waals surface area contributed by atoms with Gasteiger partial charge in [0.15, 0.2) is 6.61 Å². The van der Waals surface area contributed by atoms with Gasteiger partial charge in [-0.05, 0) is 31.2 Å². The van der Waals surface area contributed by atoms with Crippen molar-refractivity contribution >= 4 is 17.5 Å². The van der Waals surface area contributed by atoms with E-state index in [-0.39, 0.29) is 25.0 Å². The zero-order valence-electron chi connectivity index (χ0n) is 13.5. The molecular weight excluding hydrogens is 308 g/mol. The van der Waals surface area contributed by atoms with Crippen LogP contribution in [0.1, 0.15) is 6.92 Å². The van der Waals surface area contributed by atoms with E-state index in [2.05, 4.69) is 10.6 Å². The zero-order valence-corrected chi connectivity index (χ0v) is 13.5. The molecule has 0 spiro atoms. The average Bonchev–Trinajstić information content (AvgIpc) is 2.61. The van der Waals surface area contributed by atoms with Crippen molar-refractivity contribution in [3.8, 4) is 11.5 Å². The lowest BCUT2D eigenvalue weighted by Gasteiger charge is -2.11. The van der Waals surface area contributed by atoms with Crippen LogP contribution in [0.15, 0.2) is 54.6 Å². The minimum atomic E-state index is -0.368. The Hall–Kier alpha value is -3.02. The minimum Gasteiger partial charge on any atom is -0.492 e. The van der Waals surface area contributed by atoms with Crippen molar-refractivity contribution < 1.29 is 19.1 Å². The van der Waals surface area contributed by atoms with Gasteiger partial charge in [0.25, 0.3) is 5.91 Å². The van der Waals surface area contributed by atoms with E-state index in [9.17, 15) is 9.59 Å². The first-order valence-electron chi connectivity index (χ1n) is 7.65. The van der Waals surface area contributed by atoms with E-state index in [0.717, 1.165) is 0 Å². The summed E-state index contributed by atoms with van der Waals surface area (Å²) in [4.78, 5) is 23.6. The number of carbonyl (C=O) groups is 2. The first kappa shape index (κ1) is 17.3. The number of para-hydroxylation sites is 3. The number of amides is 2. The predicted molar refractivity (Wildman–Crippen MR) is 91.2 cm³/mol. The molecule has 2 amide bonds. The highest BCUT2D eigenvalue weighted by Crippen LogP contribution is 2.23. The van der Waals surface area contributed by atoms with Crippen molar-refractivity contribution in [1.29, 1.82) is 0 Å². The van der Waals surface area contributed by atoms with Gasteiger partial charge in [-0.25, -0.2) is 0 Å². The molecule has 6 heteroatoms. The highest BCUT2D eigenvalue weighted by atomic mass is 16.5. The summed E-state index contributed by atoms with van der Waals surface area (Å²) in [5, 5.41) is 5.21. The number of benzene rings is 2. The standard InChI is InChI=1S/C18H20N2O4/c1-2-23-16-11-7-6-10-15(16)20-17(21)12-19-18(22)13-24-14-8-4-3-5-9-14/h3-11H,2,12-13H2,1H3,(H,19,22)(H,20,21). The summed E-state index contributed by atoms with van der Waals surface area (Å²) in [5.74, 6) is 0.483. The van der Waals surface area contributed by atoms with E-state index in [1.54, 1.807) is 30.3 Å². The van der Waals surface area contributed by atoms with Gasteiger partial charge in [-0.3, -0.25) is 9.59 Å². The SMILES string of the molecule is CCOc1ccccc1NC(=O)CNC(=O)COc1ccccc1. The molecule has 2 aromatic rings. The van der Waals surface area contributed by atoms with Crippen LogP contribution >= 0.6 is 0 Å². The quantitative estimate of drug-likeness (QED) is 0.779. The van der Waals surface area contributed by atoms with Crippen LogP contribution in [0.4, 0.5) is 5.69 Å². The number of hydrogen-bond donors (Lipinski definition) is 2. The van der Waals surface area contributed by atoms with Crippen molar-refractivity contribution in [2.24, 2.45) is 0 Å². The predicted octanol–water partition coefficient (Wildman–Crippen LogP) is 2.22. The molecule has 0 heterocycles. The minimum absolute atomic E-state index is 0.141. The molecule has 0 bridgehead atoms. The molecule has 24 heavy (non-hydrogen) atoms. The normalized spacial score (nSPS) is 9.88. The fourth-order valence-corrected chi connectivity index (χ4v) is 1.94. The van der Waals surface area contributed by atoms with Crippen LogP contribution < -0.4 is 20.1 Å². The molecule has 0 aliphatic rings. The molecule has 2 N–H and O–H groups in total. The van der Waals surface area contributed by atoms with E-state index in [4.69, 9.17) is 9.47 Å². The molecule has 0 saturated heterocycles. The van der Waals surface area contributed by atoms with Crippen molar-refractivity contribution in [1.82, 2.24) is 5.32 Å². The maximum absolute atomic E-state index is 11.9. The lowest BCUT2D eigenvalue weighted by atomic mass is 10.3. The van der Waals surface area contributed by atoms with E-state index in [1.165, 1.54) is 0 Å². The number of hydrogen-bond acceptors (Lipinski definition) is 4. The van der Waals surface area contributed by atoms with Gasteiger partial charge in [0, 0.05) is 0 Å². The first-order valence-corrected chi connectivity index (χ1v) is 7.65. The van der Waals surface area contributed by atoms with Crippen molar-refractivity contribution in [3.63, 3.8) is 0 Å². The third-order valence-corrected chi connectivity index (χ3v) is 3.02. The van der Waals surface area contributed by atoms with Gasteiger partial charge < -0.3 is 20.1 Å². The van der Waals surface area contributed by atoms with Gasteiger partial charge in [0.2, 0.25) is 5.91 Å².